The maximum Gasteiger partial charge on any atom is 0.501 e. The molecule has 0 saturated carbocycles. The largest absolute Gasteiger partial charge is 0.501 e. The van der Waals surface area contributed by atoms with Crippen molar-refractivity contribution in [3.63, 3.8) is 0 Å². The Morgan fingerprint density at radius 1 is 0.518 bits per heavy atom. The van der Waals surface area contributed by atoms with Crippen LogP contribution < -0.4 is 28.7 Å². The number of hydrogen-bond donors (Lipinski definition) is 4. The third kappa shape index (κ3) is 25.4. The molecule has 2 amide bonds. The highest BCUT2D eigenvalue weighted by molar-refractivity contribution is 8.02. The number of halogens is 8. The van der Waals surface area contributed by atoms with Crippen LogP contribution in [-0.2, 0) is 71.4 Å². The number of nitrogens with zero attached hydrogens (tertiary/aromatic N) is 11. The van der Waals surface area contributed by atoms with E-state index in [1.54, 1.807) is 81.8 Å². The SMILES string of the molecule is C=S1(=NC)CCN(C[C@H](C)Cc2ccc(S(=O)(=O)NC(=O)c3ccc(N4CCN(CC5=C(c6ccc(Cl)cc6)CC(C)(C)CC5)CC4)cc3Oc3cnc4[nH]ccc4c3)cc2S(=O)(=O)C(F)(F)F)CC1.[C-]#[N+]N=S1(=C)CCN(C[C@H](C)Cc2ccc(S(=O)(=O)NC(=O)c3ccc(N4CCN(CC5=C(c6ccc(Cl)cc6)CC(C)(C)CC5)CC4)cc3Oc3cnc4[nH]ccc4c3)cc2S(=O)(=O)C(F)(F)F)CC1. The number of carbonyl (C=O) groups is 2. The van der Waals surface area contributed by atoms with E-state index < -0.39 is 101 Å². The molecule has 0 bridgehead atoms. The van der Waals surface area contributed by atoms with Gasteiger partial charge >= 0.3 is 11.0 Å². The van der Waals surface area contributed by atoms with Gasteiger partial charge in [-0.3, -0.25) is 23.8 Å². The normalized spacial score (nSPS) is 18.6. The molecule has 6 aliphatic rings. The van der Waals surface area contributed by atoms with Crippen molar-refractivity contribution in [3.05, 3.63) is 236 Å². The number of allylic oxidation sites excluding steroid dienone is 2. The zero-order valence-electron chi connectivity index (χ0n) is 79.3. The molecule has 10 aromatic rings. The number of nitrogens with one attached hydrogen (secondary N) is 4. The first-order valence-electron chi connectivity index (χ1n) is 46.3. The van der Waals surface area contributed by atoms with Crippen molar-refractivity contribution in [2.24, 2.45) is 31.5 Å². The summed E-state index contributed by atoms with van der Waals surface area (Å²) in [6.45, 7) is 30.4. The summed E-state index contributed by atoms with van der Waals surface area (Å²) >= 11 is 12.5. The van der Waals surface area contributed by atoms with E-state index in [1.807, 2.05) is 33.7 Å². The van der Waals surface area contributed by atoms with Gasteiger partial charge in [0.25, 0.3) is 51.5 Å². The van der Waals surface area contributed by atoms with E-state index in [0.29, 0.717) is 127 Å². The number of carbonyl (C=O) groups excluding carboxylic acids is 2. The quantitative estimate of drug-likeness (QED) is 0.0153. The number of ether oxygens (including phenoxy) is 2. The fourth-order valence-corrected chi connectivity index (χ4v) is 27.0. The predicted octanol–water partition coefficient (Wildman–Crippen LogP) is 18.4. The van der Waals surface area contributed by atoms with Gasteiger partial charge in [0.15, 0.2) is 0 Å². The number of piperazine rings is 2. The molecule has 4 fully saturated rings. The molecule has 6 aromatic carbocycles. The first kappa shape index (κ1) is 105. The summed E-state index contributed by atoms with van der Waals surface area (Å²) in [5, 5.41) is 2.83. The highest BCUT2D eigenvalue weighted by Crippen LogP contribution is 2.47. The van der Waals surface area contributed by atoms with Crippen molar-refractivity contribution < 1.29 is 79.1 Å². The summed E-state index contributed by atoms with van der Waals surface area (Å²) in [5.41, 5.74) is -1.38. The van der Waals surface area contributed by atoms with E-state index in [-0.39, 0.29) is 80.8 Å². The minimum atomic E-state index is -6.05. The van der Waals surface area contributed by atoms with Gasteiger partial charge in [0, 0.05) is 191 Å². The second-order valence-corrected chi connectivity index (χ2v) is 53.0. The standard InChI is InChI=1S/C50H56ClF3N8O6S3.C50H59ClF3N7O6S3/c1-34(32-61-22-24-69(5,25-23-61)59-55-4)26-36-8-12-42(29-46(36)70(64,65)50(52,53)54)71(66,67)58-48(63)43-13-11-40(28-45(43)68-41-27-37-15-17-56-47(37)57-31-41)62-20-18-60(19-21-62)33-38-14-16-49(2,3)30-44(38)35-6-9-39(51)10-7-35;1-34(32-60-22-24-68(5,55-4)25-23-60)26-36-8-12-42(29-46(36)69(63,64)50(52,53)54)70(65,66)58-48(62)43-13-11-40(28-45(43)67-41-27-37-15-17-56-47(37)57-31-41)61-20-18-59(19-21-61)33-38-14-16-49(2,3)30-44(38)35-6-9-39(51)10-7-35/h6-13,15,17,27-29,31,34H,5,14,16,18-26,30,32-33H2,1-3H3,(H,56,57)(H,58,63);6-13,15,17,27-29,31,34H,5,14,16,18-26,30,32-33H2,1-4H3,(H,56,57)(H,58,62)/t2*34-/m11/s1. The van der Waals surface area contributed by atoms with E-state index >= 15 is 0 Å². The Balaban J connectivity index is 0.000000213. The van der Waals surface area contributed by atoms with Crippen LogP contribution in [0.2, 0.25) is 10.0 Å². The van der Waals surface area contributed by atoms with E-state index in [0.717, 1.165) is 119 Å². The Bertz CT molecular complexity index is 7260. The predicted molar refractivity (Wildman–Crippen MR) is 548 cm³/mol. The second kappa shape index (κ2) is 42.5. The lowest BCUT2D eigenvalue weighted by Crippen LogP contribution is -2.47. The first-order chi connectivity index (χ1) is 66.5. The van der Waals surface area contributed by atoms with Gasteiger partial charge < -0.3 is 39.0 Å². The Morgan fingerprint density at radius 3 is 1.26 bits per heavy atom. The smallest absolute Gasteiger partial charge is 0.455 e. The number of pyridine rings is 2. The Hall–Kier alpha value is -10.4. The van der Waals surface area contributed by atoms with Crippen LogP contribution in [0.1, 0.15) is 123 Å². The molecule has 0 radical (unpaired) electrons. The fraction of sp³-hybridized carbons (Fsp3) is 0.410. The van der Waals surface area contributed by atoms with Crippen LogP contribution in [0.15, 0.2) is 210 Å². The molecule has 141 heavy (non-hydrogen) atoms. The average Bonchev–Trinajstić information content (AvgIpc) is 0.928. The van der Waals surface area contributed by atoms with Crippen molar-refractivity contribution in [3.8, 4) is 23.0 Å². The third-order valence-electron chi connectivity index (χ3n) is 27.1. The molecular formula is C100H115Cl2F6N15O12S6. The number of aromatic amines is 2. The maximum absolute atomic E-state index is 14.2. The molecule has 4 N–H and O–H groups in total. The lowest BCUT2D eigenvalue weighted by molar-refractivity contribution is -0.0442. The summed E-state index contributed by atoms with van der Waals surface area (Å²) < 4.78 is 218. The van der Waals surface area contributed by atoms with Crippen LogP contribution in [0.25, 0.3) is 38.2 Å². The zero-order chi connectivity index (χ0) is 101. The van der Waals surface area contributed by atoms with Gasteiger partial charge in [-0.1, -0.05) is 133 Å². The Morgan fingerprint density at radius 2 is 0.894 bits per heavy atom. The number of alkyl halides is 6. The monoisotopic (exact) mass is 2090 g/mol. The summed E-state index contributed by atoms with van der Waals surface area (Å²) in [4.78, 5) is 55.4. The number of fused-ring (bicyclic) bond motifs is 2. The Kier molecular flexibility index (Phi) is 31.7. The zero-order valence-corrected chi connectivity index (χ0v) is 85.7. The summed E-state index contributed by atoms with van der Waals surface area (Å²) in [7, 11) is -23.2. The van der Waals surface area contributed by atoms with Crippen LogP contribution in [0.4, 0.5) is 37.7 Å². The molecule has 0 spiro atoms. The van der Waals surface area contributed by atoms with Gasteiger partial charge in [-0.15, -0.1) is 14.4 Å². The number of aromatic nitrogens is 4. The van der Waals surface area contributed by atoms with Crippen LogP contribution in [0.5, 0.6) is 23.0 Å². The molecule has 16 rings (SSSR count). The average molecular weight is 2100 g/mol. The second-order valence-electron chi connectivity index (χ2n) is 38.8. The van der Waals surface area contributed by atoms with E-state index in [9.17, 15) is 69.6 Å². The minimum Gasteiger partial charge on any atom is -0.455 e. The molecule has 8 heterocycles. The number of H-pyrrole nitrogens is 2. The third-order valence-corrected chi connectivity index (χ3v) is 38.3. The number of sulfone groups is 2. The van der Waals surface area contributed by atoms with Crippen LogP contribution in [0.3, 0.4) is 0 Å². The lowest BCUT2D eigenvalue weighted by Gasteiger charge is -2.39. The van der Waals surface area contributed by atoms with Crippen LogP contribution >= 0.6 is 23.2 Å². The topological polar surface area (TPSA) is 319 Å². The van der Waals surface area contributed by atoms with Gasteiger partial charge in [-0.2, -0.15) is 32.9 Å². The number of sulfonamides is 2. The van der Waals surface area contributed by atoms with Crippen molar-refractivity contribution in [1.82, 2.24) is 49.0 Å². The van der Waals surface area contributed by atoms with E-state index in [4.69, 9.17) is 39.2 Å². The minimum absolute atomic E-state index is 0.00309. The molecule has 41 heteroatoms. The summed E-state index contributed by atoms with van der Waals surface area (Å²) in [6.07, 6.45) is 12.2. The molecule has 2 aliphatic carbocycles. The van der Waals surface area contributed by atoms with Crippen LogP contribution in [0, 0.1) is 29.2 Å². The first-order valence-corrected chi connectivity index (χ1v) is 57.2. The number of anilines is 2. The molecule has 0 unspecified atom stereocenters. The van der Waals surface area contributed by atoms with Crippen molar-refractivity contribution >= 4 is 150 Å². The van der Waals surface area contributed by atoms with Gasteiger partial charge in [0.1, 0.15) is 38.8 Å². The Labute approximate surface area is 830 Å². The summed E-state index contributed by atoms with van der Waals surface area (Å²) in [5.74, 6) is 8.61. The molecule has 754 valence electrons. The molecule has 4 saturated heterocycles. The highest BCUT2D eigenvalue weighted by Gasteiger charge is 2.50. The molecule has 4 aliphatic heterocycles. The van der Waals surface area contributed by atoms with Crippen molar-refractivity contribution in [1.29, 1.82) is 0 Å². The molecule has 27 nitrogen and oxygen atoms in total. The number of hydrogen-bond acceptors (Lipinski definition) is 22. The summed E-state index contributed by atoms with van der Waals surface area (Å²) in [6, 6.07) is 37.6. The highest BCUT2D eigenvalue weighted by atomic mass is 35.5. The fourth-order valence-electron chi connectivity index (χ4n) is 19.0. The number of benzene rings is 6. The molecule has 2 atom stereocenters. The number of rotatable bonds is 28. The maximum atomic E-state index is 14.2. The van der Waals surface area contributed by atoms with E-state index in [2.05, 4.69) is 127 Å². The molecular weight excluding hydrogens is 1980 g/mol. The van der Waals surface area contributed by atoms with E-state index in [1.165, 1.54) is 57.9 Å². The van der Waals surface area contributed by atoms with Gasteiger partial charge in [0.2, 0.25) is 0 Å². The van der Waals surface area contributed by atoms with Crippen molar-refractivity contribution in [2.45, 2.75) is 124 Å². The van der Waals surface area contributed by atoms with Gasteiger partial charge in [-0.25, -0.2) is 53.1 Å². The van der Waals surface area contributed by atoms with Crippen molar-refractivity contribution in [2.75, 3.05) is 145 Å². The molecule has 4 aromatic heterocycles. The van der Waals surface area contributed by atoms with Gasteiger partial charge in [0.05, 0.1) is 43.1 Å². The van der Waals surface area contributed by atoms with Gasteiger partial charge in [-0.05, 0) is 204 Å². The lowest BCUT2D eigenvalue weighted by atomic mass is 9.72. The van der Waals surface area contributed by atoms with Crippen LogP contribution in [-0.4, -0.2) is 243 Å². The number of amides is 2.